The molecule has 0 aromatic heterocycles. The highest BCUT2D eigenvalue weighted by atomic mass is 35.5. The third kappa shape index (κ3) is 6.77. The Kier molecular flexibility index (Phi) is 8.37. The SMILES string of the molecule is CCOc1cc(C=C(C#N)C(=O)NC2CCCCC2)ccc1OCc1ccc(Cl)cc1. The van der Waals surface area contributed by atoms with Crippen LogP contribution in [0.1, 0.15) is 50.2 Å². The lowest BCUT2D eigenvalue weighted by Gasteiger charge is -2.22. The van der Waals surface area contributed by atoms with Gasteiger partial charge in [0.05, 0.1) is 6.61 Å². The third-order valence-electron chi connectivity index (χ3n) is 5.19. The molecule has 0 saturated heterocycles. The average molecular weight is 439 g/mol. The molecule has 31 heavy (non-hydrogen) atoms. The molecule has 1 amide bonds. The molecule has 0 radical (unpaired) electrons. The van der Waals surface area contributed by atoms with Gasteiger partial charge >= 0.3 is 0 Å². The summed E-state index contributed by atoms with van der Waals surface area (Å²) in [6.07, 6.45) is 6.97. The van der Waals surface area contributed by atoms with Crippen LogP contribution < -0.4 is 14.8 Å². The van der Waals surface area contributed by atoms with Crippen LogP contribution in [0, 0.1) is 11.3 Å². The highest BCUT2D eigenvalue weighted by molar-refractivity contribution is 6.30. The summed E-state index contributed by atoms with van der Waals surface area (Å²) < 4.78 is 11.6. The Morgan fingerprint density at radius 1 is 1.13 bits per heavy atom. The number of benzene rings is 2. The molecule has 2 aromatic carbocycles. The summed E-state index contributed by atoms with van der Waals surface area (Å²) in [6, 6.07) is 15.0. The van der Waals surface area contributed by atoms with Gasteiger partial charge in [-0.15, -0.1) is 0 Å². The van der Waals surface area contributed by atoms with Crippen LogP contribution in [-0.4, -0.2) is 18.6 Å². The summed E-state index contributed by atoms with van der Waals surface area (Å²) in [4.78, 5) is 12.5. The normalized spacial score (nSPS) is 14.5. The first-order valence-electron chi connectivity index (χ1n) is 10.7. The van der Waals surface area contributed by atoms with E-state index in [1.165, 1.54) is 6.42 Å². The van der Waals surface area contributed by atoms with Gasteiger partial charge in [0.1, 0.15) is 18.2 Å². The molecule has 1 aliphatic rings. The smallest absolute Gasteiger partial charge is 0.262 e. The number of nitriles is 1. The number of carbonyl (C=O) groups excluding carboxylic acids is 1. The van der Waals surface area contributed by atoms with Gasteiger partial charge in [-0.25, -0.2) is 0 Å². The number of hydrogen-bond acceptors (Lipinski definition) is 4. The summed E-state index contributed by atoms with van der Waals surface area (Å²) in [5, 5.41) is 13.2. The summed E-state index contributed by atoms with van der Waals surface area (Å²) in [7, 11) is 0. The monoisotopic (exact) mass is 438 g/mol. The molecular weight excluding hydrogens is 412 g/mol. The Hall–Kier alpha value is -2.97. The fourth-order valence-corrected chi connectivity index (χ4v) is 3.70. The second-order valence-corrected chi connectivity index (χ2v) is 7.97. The summed E-state index contributed by atoms with van der Waals surface area (Å²) in [5.41, 5.74) is 1.78. The molecule has 1 aliphatic carbocycles. The highest BCUT2D eigenvalue weighted by Crippen LogP contribution is 2.30. The van der Waals surface area contributed by atoms with E-state index in [0.29, 0.717) is 35.3 Å². The Balaban J connectivity index is 1.72. The maximum atomic E-state index is 12.5. The molecule has 0 bridgehead atoms. The number of nitrogens with zero attached hydrogens (tertiary/aromatic N) is 1. The summed E-state index contributed by atoms with van der Waals surface area (Å²) in [5.74, 6) is 0.838. The van der Waals surface area contributed by atoms with E-state index < -0.39 is 0 Å². The van der Waals surface area contributed by atoms with E-state index in [1.54, 1.807) is 18.2 Å². The van der Waals surface area contributed by atoms with Gasteiger partial charge in [0.15, 0.2) is 11.5 Å². The molecule has 6 heteroatoms. The number of halogens is 1. The fourth-order valence-electron chi connectivity index (χ4n) is 3.57. The van der Waals surface area contributed by atoms with Crippen molar-refractivity contribution in [1.82, 2.24) is 5.32 Å². The molecule has 0 heterocycles. The van der Waals surface area contributed by atoms with Crippen molar-refractivity contribution in [3.05, 3.63) is 64.2 Å². The first-order valence-corrected chi connectivity index (χ1v) is 11.0. The van der Waals surface area contributed by atoms with Gasteiger partial charge in [-0.3, -0.25) is 4.79 Å². The molecule has 0 unspecified atom stereocenters. The fraction of sp³-hybridized carbons (Fsp3) is 0.360. The highest BCUT2D eigenvalue weighted by Gasteiger charge is 2.18. The Morgan fingerprint density at radius 2 is 1.87 bits per heavy atom. The van der Waals surface area contributed by atoms with Gasteiger partial charge in [-0.05, 0) is 61.2 Å². The quantitative estimate of drug-likeness (QED) is 0.425. The van der Waals surface area contributed by atoms with Gasteiger partial charge < -0.3 is 14.8 Å². The van der Waals surface area contributed by atoms with Gasteiger partial charge in [-0.1, -0.05) is 49.1 Å². The minimum absolute atomic E-state index is 0.0860. The van der Waals surface area contributed by atoms with Crippen LogP contribution in [0.15, 0.2) is 48.0 Å². The number of amides is 1. The number of ether oxygens (including phenoxy) is 2. The van der Waals surface area contributed by atoms with Crippen molar-refractivity contribution in [2.45, 2.75) is 51.7 Å². The zero-order valence-corrected chi connectivity index (χ0v) is 18.5. The summed E-state index contributed by atoms with van der Waals surface area (Å²) in [6.45, 7) is 2.74. The van der Waals surface area contributed by atoms with Gasteiger partial charge in [-0.2, -0.15) is 5.26 Å². The van der Waals surface area contributed by atoms with Crippen LogP contribution in [-0.2, 0) is 11.4 Å². The topological polar surface area (TPSA) is 71.3 Å². The molecule has 162 valence electrons. The third-order valence-corrected chi connectivity index (χ3v) is 5.44. The zero-order chi connectivity index (χ0) is 22.1. The lowest BCUT2D eigenvalue weighted by Crippen LogP contribution is -2.36. The molecule has 0 atom stereocenters. The zero-order valence-electron chi connectivity index (χ0n) is 17.7. The van der Waals surface area contributed by atoms with Crippen molar-refractivity contribution in [3.63, 3.8) is 0 Å². The van der Waals surface area contributed by atoms with Crippen molar-refractivity contribution in [3.8, 4) is 17.6 Å². The summed E-state index contributed by atoms with van der Waals surface area (Å²) >= 11 is 5.93. The van der Waals surface area contributed by atoms with Crippen molar-refractivity contribution >= 4 is 23.6 Å². The molecule has 3 rings (SSSR count). The molecule has 1 fully saturated rings. The number of nitrogens with one attached hydrogen (secondary N) is 1. The second kappa shape index (κ2) is 11.4. The molecular formula is C25H27ClN2O3. The number of rotatable bonds is 8. The maximum Gasteiger partial charge on any atom is 0.262 e. The second-order valence-electron chi connectivity index (χ2n) is 7.53. The van der Waals surface area contributed by atoms with Crippen molar-refractivity contribution < 1.29 is 14.3 Å². The van der Waals surface area contributed by atoms with Crippen LogP contribution in [0.2, 0.25) is 5.02 Å². The minimum atomic E-state index is -0.324. The van der Waals surface area contributed by atoms with E-state index in [2.05, 4.69) is 5.32 Å². The van der Waals surface area contributed by atoms with Crippen molar-refractivity contribution in [2.24, 2.45) is 0 Å². The van der Waals surface area contributed by atoms with Crippen molar-refractivity contribution in [1.29, 1.82) is 5.26 Å². The standard InChI is InChI=1S/C25H27ClN2O3/c1-2-30-24-15-19(10-13-23(24)31-17-18-8-11-21(26)12-9-18)14-20(16-27)25(29)28-22-6-4-3-5-7-22/h8-15,22H,2-7,17H2,1H3,(H,28,29). The van der Waals surface area contributed by atoms with Crippen LogP contribution in [0.3, 0.4) is 0 Å². The van der Waals surface area contributed by atoms with E-state index in [4.69, 9.17) is 21.1 Å². The van der Waals surface area contributed by atoms with Crippen LogP contribution in [0.5, 0.6) is 11.5 Å². The molecule has 1 saturated carbocycles. The van der Waals surface area contributed by atoms with Gasteiger partial charge in [0, 0.05) is 11.1 Å². The van der Waals surface area contributed by atoms with Crippen molar-refractivity contribution in [2.75, 3.05) is 6.61 Å². The first kappa shape index (κ1) is 22.7. The van der Waals surface area contributed by atoms with E-state index >= 15 is 0 Å². The average Bonchev–Trinajstić information content (AvgIpc) is 2.79. The maximum absolute atomic E-state index is 12.5. The first-order chi connectivity index (χ1) is 15.1. The van der Waals surface area contributed by atoms with Crippen LogP contribution in [0.25, 0.3) is 6.08 Å². The molecule has 0 spiro atoms. The number of carbonyl (C=O) groups is 1. The van der Waals surface area contributed by atoms with Crippen LogP contribution >= 0.6 is 11.6 Å². The van der Waals surface area contributed by atoms with E-state index in [1.807, 2.05) is 43.3 Å². The predicted molar refractivity (Wildman–Crippen MR) is 122 cm³/mol. The molecule has 5 nitrogen and oxygen atoms in total. The van der Waals surface area contributed by atoms with Crippen LogP contribution in [0.4, 0.5) is 0 Å². The Labute approximate surface area is 188 Å². The van der Waals surface area contributed by atoms with E-state index in [9.17, 15) is 10.1 Å². The largest absolute Gasteiger partial charge is 0.490 e. The van der Waals surface area contributed by atoms with E-state index in [-0.39, 0.29) is 17.5 Å². The van der Waals surface area contributed by atoms with E-state index in [0.717, 1.165) is 31.2 Å². The van der Waals surface area contributed by atoms with Gasteiger partial charge in [0.2, 0.25) is 0 Å². The molecule has 1 N–H and O–H groups in total. The molecule has 2 aromatic rings. The van der Waals surface area contributed by atoms with Gasteiger partial charge in [0.25, 0.3) is 5.91 Å². The Morgan fingerprint density at radius 3 is 2.55 bits per heavy atom. The lowest BCUT2D eigenvalue weighted by molar-refractivity contribution is -0.117. The lowest BCUT2D eigenvalue weighted by atomic mass is 9.95. The number of hydrogen-bond donors (Lipinski definition) is 1. The predicted octanol–water partition coefficient (Wildman–Crippen LogP) is 5.67. The Bertz CT molecular complexity index is 958. The minimum Gasteiger partial charge on any atom is -0.490 e. The molecule has 0 aliphatic heterocycles.